The molecule has 1 rings (SSSR count). The van der Waals surface area contributed by atoms with Crippen LogP contribution in [-0.2, 0) is 24.3 Å². The summed E-state index contributed by atoms with van der Waals surface area (Å²) in [5.41, 5.74) is 0. The standard InChI is InChI=1S/C8H15O2.HI.Zn/c1-3-4-9-8-5-7(2)6-10-8;;/h7-8H,2-6H2,1H3;1H;/q-1;;+2/p-1/t7-,8+;;/m0../s1. The molecule has 1 saturated heterocycles. The van der Waals surface area contributed by atoms with Crippen molar-refractivity contribution in [2.75, 3.05) is 13.2 Å². The molecule has 68 valence electrons. The zero-order valence-electron chi connectivity index (χ0n) is 7.59. The zero-order valence-corrected chi connectivity index (χ0v) is 12.7. The van der Waals surface area contributed by atoms with Crippen LogP contribution >= 0.6 is 19.8 Å². The summed E-state index contributed by atoms with van der Waals surface area (Å²) in [4.78, 5) is 0. The maximum atomic E-state index is 5.36. The van der Waals surface area contributed by atoms with Crippen LogP contribution in [0, 0.1) is 12.8 Å². The molecular weight excluding hydrogens is 320 g/mol. The van der Waals surface area contributed by atoms with E-state index in [1.54, 1.807) is 0 Å². The van der Waals surface area contributed by atoms with Crippen LogP contribution in [0.5, 0.6) is 0 Å². The molecule has 0 aromatic carbocycles. The maximum absolute atomic E-state index is 5.36. The summed E-state index contributed by atoms with van der Waals surface area (Å²) in [5, 5.41) is 0. The molecule has 0 amide bonds. The Morgan fingerprint density at radius 2 is 2.33 bits per heavy atom. The molecule has 0 spiro atoms. The molecule has 2 atom stereocenters. The average molecular weight is 335 g/mol. The van der Waals surface area contributed by atoms with E-state index in [0.29, 0.717) is 5.92 Å². The van der Waals surface area contributed by atoms with Gasteiger partial charge in [-0.2, -0.15) is 0 Å². The molecule has 0 radical (unpaired) electrons. The van der Waals surface area contributed by atoms with Crippen molar-refractivity contribution in [3.8, 4) is 0 Å². The van der Waals surface area contributed by atoms with E-state index >= 15 is 0 Å². The van der Waals surface area contributed by atoms with Crippen molar-refractivity contribution in [3.05, 3.63) is 6.92 Å². The zero-order chi connectivity index (χ0) is 9.40. The molecule has 0 aromatic rings. The minimum absolute atomic E-state index is 0.0300. The van der Waals surface area contributed by atoms with Crippen molar-refractivity contribution in [1.82, 2.24) is 0 Å². The van der Waals surface area contributed by atoms with Gasteiger partial charge in [0, 0.05) is 13.2 Å². The Bertz CT molecular complexity index is 103. The fourth-order valence-corrected chi connectivity index (χ4v) is 1.02. The summed E-state index contributed by atoms with van der Waals surface area (Å²) < 4.78 is 10.6. The van der Waals surface area contributed by atoms with Gasteiger partial charge in [-0.25, -0.2) is 0 Å². The molecule has 2 nitrogen and oxygen atoms in total. The Labute approximate surface area is 95.6 Å². The molecule has 4 heteroatoms. The summed E-state index contributed by atoms with van der Waals surface area (Å²) in [6.45, 7) is 7.55. The molecule has 0 aromatic heterocycles. The molecule has 0 unspecified atom stereocenters. The molecule has 1 aliphatic rings. The van der Waals surface area contributed by atoms with Gasteiger partial charge in [0.2, 0.25) is 0 Å². The average Bonchev–Trinajstić information content (AvgIpc) is 2.51. The normalized spacial score (nSPS) is 28.1. The van der Waals surface area contributed by atoms with Gasteiger partial charge in [0.05, 0.1) is 0 Å². The van der Waals surface area contributed by atoms with Crippen molar-refractivity contribution < 1.29 is 24.3 Å². The van der Waals surface area contributed by atoms with Gasteiger partial charge in [-0.1, -0.05) is 6.92 Å². The van der Waals surface area contributed by atoms with Gasteiger partial charge in [0.1, 0.15) is 0 Å². The number of hydrogen-bond acceptors (Lipinski definition) is 2. The molecule has 0 bridgehead atoms. The first-order valence-electron chi connectivity index (χ1n) is 4.16. The van der Waals surface area contributed by atoms with Gasteiger partial charge in [-0.05, 0) is 12.8 Å². The first-order valence-corrected chi connectivity index (χ1v) is 13.2. The predicted octanol–water partition coefficient (Wildman–Crippen LogP) is 2.49. The minimum atomic E-state index is 0.0300. The third kappa shape index (κ3) is 5.84. The fourth-order valence-electron chi connectivity index (χ4n) is 1.02. The van der Waals surface area contributed by atoms with Gasteiger partial charge in [0.25, 0.3) is 0 Å². The van der Waals surface area contributed by atoms with Crippen LogP contribution in [0.1, 0.15) is 19.8 Å². The van der Waals surface area contributed by atoms with Crippen LogP contribution in [-0.4, -0.2) is 19.5 Å². The van der Waals surface area contributed by atoms with E-state index < -0.39 is 0 Å². The van der Waals surface area contributed by atoms with Crippen LogP contribution in [0.3, 0.4) is 0 Å². The predicted molar refractivity (Wildman–Crippen MR) is 53.5 cm³/mol. The second-order valence-electron chi connectivity index (χ2n) is 2.74. The number of halogens is 1. The number of hydrogen-bond donors (Lipinski definition) is 0. The molecule has 1 fully saturated rings. The van der Waals surface area contributed by atoms with Gasteiger partial charge in [0.15, 0.2) is 6.29 Å². The van der Waals surface area contributed by atoms with Crippen LogP contribution in [0.15, 0.2) is 0 Å². The Morgan fingerprint density at radius 1 is 1.67 bits per heavy atom. The first kappa shape index (κ1) is 13.3. The molecular formula is C8H15IO2Zn. The van der Waals surface area contributed by atoms with Crippen molar-refractivity contribution in [3.63, 3.8) is 0 Å². The van der Waals surface area contributed by atoms with Crippen LogP contribution in [0.25, 0.3) is 0 Å². The van der Waals surface area contributed by atoms with E-state index in [1.807, 2.05) is 0 Å². The van der Waals surface area contributed by atoms with E-state index in [2.05, 4.69) is 33.6 Å². The van der Waals surface area contributed by atoms with E-state index in [4.69, 9.17) is 9.47 Å². The molecule has 0 N–H and O–H groups in total. The van der Waals surface area contributed by atoms with Gasteiger partial charge in [-0.15, -0.1) is 5.92 Å². The van der Waals surface area contributed by atoms with E-state index in [0.717, 1.165) is 26.1 Å². The number of rotatable bonds is 3. The molecule has 12 heavy (non-hydrogen) atoms. The Hall–Kier alpha value is 1.27. The monoisotopic (exact) mass is 334 g/mol. The summed E-state index contributed by atoms with van der Waals surface area (Å²) in [5.74, 6) is 0.432. The summed E-state index contributed by atoms with van der Waals surface area (Å²) in [7, 11) is 0. The first-order chi connectivity index (χ1) is 5.83. The Morgan fingerprint density at radius 3 is 2.75 bits per heavy atom. The fraction of sp³-hybridized carbons (Fsp3) is 0.875. The van der Waals surface area contributed by atoms with E-state index in [1.165, 1.54) is 14.8 Å². The third-order valence-corrected chi connectivity index (χ3v) is 1.55. The van der Waals surface area contributed by atoms with Gasteiger partial charge < -0.3 is 16.4 Å². The van der Waals surface area contributed by atoms with Crippen molar-refractivity contribution >= 4 is 19.8 Å². The molecule has 0 saturated carbocycles. The molecule has 1 heterocycles. The van der Waals surface area contributed by atoms with E-state index in [9.17, 15) is 0 Å². The van der Waals surface area contributed by atoms with Crippen LogP contribution in [0.4, 0.5) is 0 Å². The quantitative estimate of drug-likeness (QED) is 0.448. The van der Waals surface area contributed by atoms with Crippen LogP contribution in [0.2, 0.25) is 0 Å². The summed E-state index contributed by atoms with van der Waals surface area (Å²) in [6, 6.07) is 0. The summed E-state index contributed by atoms with van der Waals surface area (Å²) in [6.07, 6.45) is 2.05. The van der Waals surface area contributed by atoms with Crippen molar-refractivity contribution in [2.45, 2.75) is 26.1 Å². The van der Waals surface area contributed by atoms with Gasteiger partial charge in [-0.3, -0.25) is 0 Å². The molecule has 1 aliphatic heterocycles. The second-order valence-corrected chi connectivity index (χ2v) is 2.74. The van der Waals surface area contributed by atoms with Crippen molar-refractivity contribution in [2.24, 2.45) is 5.92 Å². The molecule has 0 aliphatic carbocycles. The Balaban J connectivity index is 0.000000561. The van der Waals surface area contributed by atoms with Gasteiger partial charge >= 0.3 is 34.5 Å². The second kappa shape index (κ2) is 8.85. The SMILES string of the molecule is [CH2-][C@@H]1CO[C@@H](OCCC)C1.[Zn+][I]. The third-order valence-electron chi connectivity index (χ3n) is 1.55. The number of ether oxygens (including phenoxy) is 2. The summed E-state index contributed by atoms with van der Waals surface area (Å²) >= 11 is 3.62. The topological polar surface area (TPSA) is 18.5 Å². The van der Waals surface area contributed by atoms with E-state index in [-0.39, 0.29) is 6.29 Å². The van der Waals surface area contributed by atoms with Crippen LogP contribution < -0.4 is 0 Å². The Kier molecular flexibility index (Phi) is 9.79. The van der Waals surface area contributed by atoms with Crippen molar-refractivity contribution in [1.29, 1.82) is 0 Å².